The molecule has 1 aromatic heterocycles. The number of aromatic nitrogens is 1. The zero-order chi connectivity index (χ0) is 11.0. The number of aromatic amines is 1. The lowest BCUT2D eigenvalue weighted by atomic mass is 10.1. The molecule has 0 saturated carbocycles. The van der Waals surface area contributed by atoms with E-state index in [0.29, 0.717) is 5.56 Å². The number of aryl methyl sites for hydroxylation is 1. The normalized spacial score (nSPS) is 10.6. The minimum absolute atomic E-state index is 0.337. The van der Waals surface area contributed by atoms with Crippen LogP contribution in [-0.2, 0) is 4.74 Å². The molecular formula is C11H10BrNO2. The molecule has 4 heteroatoms. The first-order chi connectivity index (χ1) is 7.11. The van der Waals surface area contributed by atoms with E-state index < -0.39 is 0 Å². The molecule has 2 rings (SSSR count). The third-order valence-corrected chi connectivity index (χ3v) is 2.90. The fraction of sp³-hybridized carbons (Fsp3) is 0.182. The van der Waals surface area contributed by atoms with Crippen molar-refractivity contribution in [3.8, 4) is 0 Å². The molecule has 3 nitrogen and oxygen atoms in total. The molecule has 0 aliphatic rings. The lowest BCUT2D eigenvalue weighted by Crippen LogP contribution is -2.01. The van der Waals surface area contributed by atoms with E-state index in [1.54, 1.807) is 6.07 Å². The minimum Gasteiger partial charge on any atom is -0.465 e. The third kappa shape index (κ3) is 1.77. The van der Waals surface area contributed by atoms with Gasteiger partial charge in [-0.15, -0.1) is 0 Å². The van der Waals surface area contributed by atoms with E-state index >= 15 is 0 Å². The summed E-state index contributed by atoms with van der Waals surface area (Å²) in [7, 11) is 1.37. The van der Waals surface area contributed by atoms with Gasteiger partial charge in [-0.3, -0.25) is 0 Å². The number of halogens is 1. The Hall–Kier alpha value is -1.29. The standard InChI is InChI=1S/C11H10BrNO2/c1-6-3-7-4-9(12)8(11(14)15-2)5-10(7)13-6/h3-5,13H,1-2H3. The van der Waals surface area contributed by atoms with Crippen LogP contribution in [0.4, 0.5) is 0 Å². The Labute approximate surface area is 95.6 Å². The van der Waals surface area contributed by atoms with E-state index in [0.717, 1.165) is 21.1 Å². The molecule has 0 saturated heterocycles. The van der Waals surface area contributed by atoms with Gasteiger partial charge in [0.2, 0.25) is 0 Å². The van der Waals surface area contributed by atoms with Crippen LogP contribution in [0, 0.1) is 6.92 Å². The van der Waals surface area contributed by atoms with Gasteiger partial charge in [-0.2, -0.15) is 0 Å². The molecule has 0 fully saturated rings. The van der Waals surface area contributed by atoms with Crippen LogP contribution in [0.3, 0.4) is 0 Å². The molecule has 78 valence electrons. The van der Waals surface area contributed by atoms with Crippen molar-refractivity contribution in [2.45, 2.75) is 6.92 Å². The van der Waals surface area contributed by atoms with Crippen molar-refractivity contribution in [2.24, 2.45) is 0 Å². The average Bonchev–Trinajstić information content (AvgIpc) is 2.55. The van der Waals surface area contributed by atoms with Crippen LogP contribution in [-0.4, -0.2) is 18.1 Å². The molecule has 1 N–H and O–H groups in total. The zero-order valence-electron chi connectivity index (χ0n) is 8.43. The Balaban J connectivity index is 2.66. The number of benzene rings is 1. The summed E-state index contributed by atoms with van der Waals surface area (Å²) in [5.41, 5.74) is 2.54. The van der Waals surface area contributed by atoms with Crippen LogP contribution >= 0.6 is 15.9 Å². The highest BCUT2D eigenvalue weighted by Crippen LogP contribution is 2.25. The second kappa shape index (κ2) is 3.70. The minimum atomic E-state index is -0.337. The first-order valence-electron chi connectivity index (χ1n) is 4.49. The number of H-pyrrole nitrogens is 1. The smallest absolute Gasteiger partial charge is 0.339 e. The van der Waals surface area contributed by atoms with Crippen molar-refractivity contribution in [1.29, 1.82) is 0 Å². The Morgan fingerprint density at radius 2 is 2.13 bits per heavy atom. The number of hydrogen-bond donors (Lipinski definition) is 1. The number of carbonyl (C=O) groups is 1. The van der Waals surface area contributed by atoms with Crippen LogP contribution in [0.2, 0.25) is 0 Å². The summed E-state index contributed by atoms with van der Waals surface area (Å²) >= 11 is 3.35. The van der Waals surface area contributed by atoms with Crippen LogP contribution in [0.25, 0.3) is 10.9 Å². The monoisotopic (exact) mass is 267 g/mol. The topological polar surface area (TPSA) is 42.1 Å². The SMILES string of the molecule is COC(=O)c1cc2[nH]c(C)cc2cc1Br. The van der Waals surface area contributed by atoms with Gasteiger partial charge < -0.3 is 9.72 Å². The van der Waals surface area contributed by atoms with Gasteiger partial charge in [-0.1, -0.05) is 0 Å². The van der Waals surface area contributed by atoms with Crippen molar-refractivity contribution in [1.82, 2.24) is 4.98 Å². The van der Waals surface area contributed by atoms with Crippen molar-refractivity contribution < 1.29 is 9.53 Å². The molecule has 15 heavy (non-hydrogen) atoms. The second-order valence-electron chi connectivity index (χ2n) is 3.36. The predicted octanol–water partition coefficient (Wildman–Crippen LogP) is 3.03. The van der Waals surface area contributed by atoms with E-state index in [9.17, 15) is 4.79 Å². The molecule has 0 unspecified atom stereocenters. The first kappa shape index (κ1) is 10.2. The number of esters is 1. The third-order valence-electron chi connectivity index (χ3n) is 2.25. The zero-order valence-corrected chi connectivity index (χ0v) is 10.0. The van der Waals surface area contributed by atoms with Gasteiger partial charge in [0.15, 0.2) is 0 Å². The highest BCUT2D eigenvalue weighted by atomic mass is 79.9. The number of hydrogen-bond acceptors (Lipinski definition) is 2. The Bertz CT molecular complexity index is 531. The summed E-state index contributed by atoms with van der Waals surface area (Å²) in [5.74, 6) is -0.337. The van der Waals surface area contributed by atoms with Gasteiger partial charge in [0.1, 0.15) is 0 Å². The van der Waals surface area contributed by atoms with Crippen molar-refractivity contribution >= 4 is 32.8 Å². The highest BCUT2D eigenvalue weighted by Gasteiger charge is 2.12. The molecule has 0 amide bonds. The quantitative estimate of drug-likeness (QED) is 0.808. The van der Waals surface area contributed by atoms with Crippen molar-refractivity contribution in [2.75, 3.05) is 7.11 Å². The predicted molar refractivity (Wildman–Crippen MR) is 62.1 cm³/mol. The van der Waals surface area contributed by atoms with Gasteiger partial charge in [0.05, 0.1) is 12.7 Å². The Kier molecular flexibility index (Phi) is 2.52. The maximum Gasteiger partial charge on any atom is 0.339 e. The van der Waals surface area contributed by atoms with E-state index in [1.807, 2.05) is 19.1 Å². The molecule has 0 aliphatic heterocycles. The number of nitrogens with one attached hydrogen (secondary N) is 1. The molecule has 0 radical (unpaired) electrons. The molecular weight excluding hydrogens is 258 g/mol. The number of rotatable bonds is 1. The molecule has 0 bridgehead atoms. The fourth-order valence-electron chi connectivity index (χ4n) is 1.56. The largest absolute Gasteiger partial charge is 0.465 e. The summed E-state index contributed by atoms with van der Waals surface area (Å²) in [4.78, 5) is 14.6. The maximum atomic E-state index is 11.4. The first-order valence-corrected chi connectivity index (χ1v) is 5.28. The van der Waals surface area contributed by atoms with Gasteiger partial charge in [0, 0.05) is 21.1 Å². The van der Waals surface area contributed by atoms with E-state index in [-0.39, 0.29) is 5.97 Å². The van der Waals surface area contributed by atoms with Gasteiger partial charge >= 0.3 is 5.97 Å². The Morgan fingerprint density at radius 3 is 2.80 bits per heavy atom. The van der Waals surface area contributed by atoms with Crippen LogP contribution in [0.15, 0.2) is 22.7 Å². The van der Waals surface area contributed by atoms with Crippen LogP contribution in [0.1, 0.15) is 16.1 Å². The number of methoxy groups -OCH3 is 1. The fourth-order valence-corrected chi connectivity index (χ4v) is 2.09. The summed E-state index contributed by atoms with van der Waals surface area (Å²) in [5, 5.41) is 1.08. The molecule has 0 atom stereocenters. The molecule has 0 aliphatic carbocycles. The van der Waals surface area contributed by atoms with Crippen LogP contribution in [0.5, 0.6) is 0 Å². The number of ether oxygens (including phenoxy) is 1. The summed E-state index contributed by atoms with van der Waals surface area (Å²) in [6, 6.07) is 5.73. The van der Waals surface area contributed by atoms with Crippen molar-refractivity contribution in [3.05, 3.63) is 33.9 Å². The van der Waals surface area contributed by atoms with Gasteiger partial charge in [-0.25, -0.2) is 4.79 Å². The van der Waals surface area contributed by atoms with Gasteiger partial charge in [0.25, 0.3) is 0 Å². The molecule has 1 aromatic carbocycles. The maximum absolute atomic E-state index is 11.4. The average molecular weight is 268 g/mol. The molecule has 1 heterocycles. The lowest BCUT2D eigenvalue weighted by molar-refractivity contribution is 0.0600. The number of carbonyl (C=O) groups excluding carboxylic acids is 1. The number of fused-ring (bicyclic) bond motifs is 1. The van der Waals surface area contributed by atoms with E-state index in [1.165, 1.54) is 7.11 Å². The van der Waals surface area contributed by atoms with Crippen LogP contribution < -0.4 is 0 Å². The summed E-state index contributed by atoms with van der Waals surface area (Å²) < 4.78 is 5.44. The van der Waals surface area contributed by atoms with E-state index in [4.69, 9.17) is 0 Å². The molecule has 0 spiro atoms. The van der Waals surface area contributed by atoms with E-state index in [2.05, 4.69) is 25.7 Å². The Morgan fingerprint density at radius 1 is 1.40 bits per heavy atom. The lowest BCUT2D eigenvalue weighted by Gasteiger charge is -2.02. The summed E-state index contributed by atoms with van der Waals surface area (Å²) in [6.45, 7) is 1.98. The van der Waals surface area contributed by atoms with Crippen molar-refractivity contribution in [3.63, 3.8) is 0 Å². The summed E-state index contributed by atoms with van der Waals surface area (Å²) in [6.07, 6.45) is 0. The second-order valence-corrected chi connectivity index (χ2v) is 4.22. The molecule has 2 aromatic rings. The van der Waals surface area contributed by atoms with Gasteiger partial charge in [-0.05, 0) is 41.1 Å². The highest BCUT2D eigenvalue weighted by molar-refractivity contribution is 9.10.